The molecule has 0 fully saturated rings. The second-order valence-electron chi connectivity index (χ2n) is 6.53. The topological polar surface area (TPSA) is 9.23 Å². The van der Waals surface area contributed by atoms with Crippen LogP contribution in [0.4, 0.5) is 8.78 Å². The molecule has 0 saturated heterocycles. The average Bonchev–Trinajstić information content (AvgIpc) is 2.71. The van der Waals surface area contributed by atoms with Crippen molar-refractivity contribution in [3.63, 3.8) is 0 Å². The molecule has 3 heteroatoms. The molecule has 3 aromatic rings. The fraction of sp³-hybridized carbons (Fsp3) is 0.250. The van der Waals surface area contributed by atoms with Crippen molar-refractivity contribution in [2.45, 2.75) is 33.1 Å². The number of aryl methyl sites for hydroxylation is 3. The van der Waals surface area contributed by atoms with Gasteiger partial charge in [-0.3, -0.25) is 0 Å². The van der Waals surface area contributed by atoms with Crippen molar-refractivity contribution in [2.75, 3.05) is 6.61 Å². The van der Waals surface area contributed by atoms with Crippen LogP contribution in [0, 0.1) is 11.6 Å². The molecule has 0 N–H and O–H groups in total. The molecule has 0 amide bonds. The van der Waals surface area contributed by atoms with Crippen LogP contribution in [0.5, 0.6) is 5.75 Å². The van der Waals surface area contributed by atoms with E-state index in [0.29, 0.717) is 25.0 Å². The van der Waals surface area contributed by atoms with Crippen LogP contribution in [0.3, 0.4) is 0 Å². The minimum absolute atomic E-state index is 0.0304. The van der Waals surface area contributed by atoms with Gasteiger partial charge in [-0.1, -0.05) is 61.5 Å². The first-order valence-corrected chi connectivity index (χ1v) is 9.40. The predicted octanol–water partition coefficient (Wildman–Crippen LogP) is 6.38. The van der Waals surface area contributed by atoms with Crippen LogP contribution in [0.15, 0.2) is 60.7 Å². The van der Waals surface area contributed by atoms with E-state index in [1.165, 1.54) is 17.2 Å². The van der Waals surface area contributed by atoms with Gasteiger partial charge in [0.1, 0.15) is 0 Å². The summed E-state index contributed by atoms with van der Waals surface area (Å²) < 4.78 is 33.2. The summed E-state index contributed by atoms with van der Waals surface area (Å²) in [6, 6.07) is 19.9. The van der Waals surface area contributed by atoms with E-state index in [0.717, 1.165) is 17.5 Å². The molecule has 0 aromatic heterocycles. The third-order valence-electron chi connectivity index (χ3n) is 4.76. The van der Waals surface area contributed by atoms with Crippen LogP contribution in [0.2, 0.25) is 0 Å². The second-order valence-corrected chi connectivity index (χ2v) is 6.53. The van der Waals surface area contributed by atoms with E-state index in [9.17, 15) is 8.78 Å². The minimum atomic E-state index is -0.903. The zero-order valence-electron chi connectivity index (χ0n) is 15.8. The number of hydrogen-bond acceptors (Lipinski definition) is 1. The van der Waals surface area contributed by atoms with Crippen LogP contribution in [-0.2, 0) is 19.3 Å². The molecule has 0 atom stereocenters. The third-order valence-corrected chi connectivity index (χ3v) is 4.76. The number of rotatable bonds is 7. The summed E-state index contributed by atoms with van der Waals surface area (Å²) in [6.07, 6.45) is 2.13. The van der Waals surface area contributed by atoms with Crippen molar-refractivity contribution in [3.8, 4) is 16.9 Å². The molecular formula is C24H24F2O. The van der Waals surface area contributed by atoms with Crippen molar-refractivity contribution in [2.24, 2.45) is 0 Å². The van der Waals surface area contributed by atoms with Crippen molar-refractivity contribution in [1.29, 1.82) is 0 Å². The van der Waals surface area contributed by atoms with Crippen LogP contribution in [-0.4, -0.2) is 6.61 Å². The van der Waals surface area contributed by atoms with Crippen LogP contribution in [0.25, 0.3) is 11.1 Å². The van der Waals surface area contributed by atoms with Crippen molar-refractivity contribution < 1.29 is 13.5 Å². The molecule has 0 radical (unpaired) electrons. The summed E-state index contributed by atoms with van der Waals surface area (Å²) in [4.78, 5) is 0. The molecule has 0 spiro atoms. The summed E-state index contributed by atoms with van der Waals surface area (Å²) in [5, 5.41) is 0. The zero-order valence-corrected chi connectivity index (χ0v) is 15.8. The van der Waals surface area contributed by atoms with E-state index in [2.05, 4.69) is 43.3 Å². The van der Waals surface area contributed by atoms with Crippen molar-refractivity contribution in [3.05, 3.63) is 89.0 Å². The Morgan fingerprint density at radius 1 is 0.667 bits per heavy atom. The van der Waals surface area contributed by atoms with Crippen LogP contribution in [0.1, 0.15) is 30.5 Å². The molecule has 3 aromatic carbocycles. The number of benzene rings is 3. The van der Waals surface area contributed by atoms with Gasteiger partial charge >= 0.3 is 0 Å². The predicted molar refractivity (Wildman–Crippen MR) is 106 cm³/mol. The highest BCUT2D eigenvalue weighted by atomic mass is 19.2. The normalized spacial score (nSPS) is 10.8. The molecule has 0 bridgehead atoms. The number of halogens is 2. The molecule has 0 saturated carbocycles. The Balaban J connectivity index is 1.67. The molecule has 0 aliphatic carbocycles. The molecule has 0 unspecified atom stereocenters. The minimum Gasteiger partial charge on any atom is -0.491 e. The number of hydrogen-bond donors (Lipinski definition) is 0. The Hall–Kier alpha value is -2.68. The quantitative estimate of drug-likeness (QED) is 0.471. The number of ether oxygens (including phenoxy) is 1. The van der Waals surface area contributed by atoms with E-state index in [1.54, 1.807) is 13.0 Å². The first-order valence-electron chi connectivity index (χ1n) is 9.40. The Bertz CT molecular complexity index is 884. The fourth-order valence-electron chi connectivity index (χ4n) is 3.11. The lowest BCUT2D eigenvalue weighted by Crippen LogP contribution is -2.02. The maximum atomic E-state index is 14.2. The molecule has 0 aliphatic heterocycles. The van der Waals surface area contributed by atoms with Crippen molar-refractivity contribution >= 4 is 0 Å². The van der Waals surface area contributed by atoms with Gasteiger partial charge < -0.3 is 4.74 Å². The Morgan fingerprint density at radius 3 is 1.81 bits per heavy atom. The van der Waals surface area contributed by atoms with Gasteiger partial charge in [0.25, 0.3) is 0 Å². The highest BCUT2D eigenvalue weighted by Crippen LogP contribution is 2.25. The molecular weight excluding hydrogens is 342 g/mol. The van der Waals surface area contributed by atoms with E-state index in [1.807, 2.05) is 12.1 Å². The molecule has 3 rings (SSSR count). The summed E-state index contributed by atoms with van der Waals surface area (Å²) in [6.45, 7) is 4.19. The highest BCUT2D eigenvalue weighted by molar-refractivity contribution is 5.64. The monoisotopic (exact) mass is 366 g/mol. The lowest BCUT2D eigenvalue weighted by atomic mass is 9.99. The SMILES string of the molecule is CCOc1ccc(CCc2ccc(-c3ccc(CC)cc3)cc2)c(F)c1F. The van der Waals surface area contributed by atoms with Gasteiger partial charge in [0.05, 0.1) is 6.61 Å². The summed E-state index contributed by atoms with van der Waals surface area (Å²) in [7, 11) is 0. The zero-order chi connectivity index (χ0) is 19.2. The van der Waals surface area contributed by atoms with E-state index in [4.69, 9.17) is 4.74 Å². The van der Waals surface area contributed by atoms with Gasteiger partial charge in [-0.05, 0) is 60.1 Å². The van der Waals surface area contributed by atoms with Crippen LogP contribution < -0.4 is 4.74 Å². The van der Waals surface area contributed by atoms with Gasteiger partial charge in [-0.25, -0.2) is 4.39 Å². The van der Waals surface area contributed by atoms with Gasteiger partial charge in [0, 0.05) is 0 Å². The van der Waals surface area contributed by atoms with Gasteiger partial charge in [0.2, 0.25) is 5.82 Å². The Kier molecular flexibility index (Phi) is 6.23. The van der Waals surface area contributed by atoms with Crippen molar-refractivity contribution in [1.82, 2.24) is 0 Å². The summed E-state index contributed by atoms with van der Waals surface area (Å²) >= 11 is 0. The van der Waals surface area contributed by atoms with E-state index < -0.39 is 11.6 Å². The molecule has 1 nitrogen and oxygen atoms in total. The Morgan fingerprint density at radius 2 is 1.26 bits per heavy atom. The van der Waals surface area contributed by atoms with Crippen LogP contribution >= 0.6 is 0 Å². The summed E-state index contributed by atoms with van der Waals surface area (Å²) in [5.41, 5.74) is 5.12. The first kappa shape index (κ1) is 19.1. The average molecular weight is 366 g/mol. The maximum Gasteiger partial charge on any atom is 0.200 e. The second kappa shape index (κ2) is 8.81. The van der Waals surface area contributed by atoms with Gasteiger partial charge in [-0.15, -0.1) is 0 Å². The van der Waals surface area contributed by atoms with Gasteiger partial charge in [-0.2, -0.15) is 4.39 Å². The smallest absolute Gasteiger partial charge is 0.200 e. The lowest BCUT2D eigenvalue weighted by molar-refractivity contribution is 0.313. The third kappa shape index (κ3) is 4.54. The highest BCUT2D eigenvalue weighted by Gasteiger charge is 2.14. The molecule has 0 heterocycles. The van der Waals surface area contributed by atoms with Gasteiger partial charge in [0.15, 0.2) is 11.6 Å². The summed E-state index contributed by atoms with van der Waals surface area (Å²) in [5.74, 6) is -1.74. The standard InChI is InChI=1S/C24H24F2O/c1-3-17-5-10-19(11-6-17)20-12-7-18(8-13-20)9-14-21-15-16-22(27-4-2)24(26)23(21)25/h5-8,10-13,15-16H,3-4,9,14H2,1-2H3. The Labute approximate surface area is 159 Å². The molecule has 0 aliphatic rings. The molecule has 140 valence electrons. The molecule has 27 heavy (non-hydrogen) atoms. The van der Waals surface area contributed by atoms with E-state index in [-0.39, 0.29) is 5.75 Å². The first-order chi connectivity index (χ1) is 13.1. The largest absolute Gasteiger partial charge is 0.491 e. The fourth-order valence-corrected chi connectivity index (χ4v) is 3.11. The maximum absolute atomic E-state index is 14.2. The lowest BCUT2D eigenvalue weighted by Gasteiger charge is -2.09. The van der Waals surface area contributed by atoms with E-state index >= 15 is 0 Å².